The lowest BCUT2D eigenvalue weighted by Crippen LogP contribution is -2.38. The molecule has 0 bridgehead atoms. The van der Waals surface area contributed by atoms with E-state index in [2.05, 4.69) is 5.32 Å². The van der Waals surface area contributed by atoms with Gasteiger partial charge in [0.1, 0.15) is 11.9 Å². The van der Waals surface area contributed by atoms with Gasteiger partial charge in [0.15, 0.2) is 0 Å². The second-order valence-electron chi connectivity index (χ2n) is 4.76. The Morgan fingerprint density at radius 1 is 1.30 bits per heavy atom. The number of hydrogen-bond donors (Lipinski definition) is 2. The number of carboxylic acid groups (broad SMARTS) is 1. The van der Waals surface area contributed by atoms with Gasteiger partial charge >= 0.3 is 5.97 Å². The van der Waals surface area contributed by atoms with Gasteiger partial charge in [-0.1, -0.05) is 13.8 Å². The molecule has 23 heavy (non-hydrogen) atoms. The fraction of sp³-hybridized carbons (Fsp3) is 0.429. The first-order chi connectivity index (χ1) is 10.6. The maximum Gasteiger partial charge on any atom is 0.325 e. The second-order valence-corrected chi connectivity index (χ2v) is 6.70. The number of benzene rings is 1. The fourth-order valence-electron chi connectivity index (χ4n) is 1.89. The number of rotatable bonds is 7. The zero-order chi connectivity index (χ0) is 17.8. The Labute approximate surface area is 134 Å². The monoisotopic (exact) mass is 346 g/mol. The smallest absolute Gasteiger partial charge is 0.325 e. The van der Waals surface area contributed by atoms with Crippen LogP contribution in [-0.2, 0) is 14.8 Å². The van der Waals surface area contributed by atoms with Crippen molar-refractivity contribution in [1.82, 2.24) is 9.62 Å². The lowest BCUT2D eigenvalue weighted by atomic mass is 10.2. The van der Waals surface area contributed by atoms with E-state index in [1.54, 1.807) is 13.8 Å². The van der Waals surface area contributed by atoms with Crippen LogP contribution >= 0.6 is 0 Å². The largest absolute Gasteiger partial charge is 0.480 e. The molecule has 0 fully saturated rings. The number of carbonyl (C=O) groups excluding carboxylic acids is 1. The molecule has 1 aromatic carbocycles. The Morgan fingerprint density at radius 2 is 1.87 bits per heavy atom. The van der Waals surface area contributed by atoms with Crippen molar-refractivity contribution >= 4 is 21.9 Å². The van der Waals surface area contributed by atoms with Gasteiger partial charge < -0.3 is 10.4 Å². The summed E-state index contributed by atoms with van der Waals surface area (Å²) in [5, 5.41) is 10.8. The zero-order valence-corrected chi connectivity index (χ0v) is 13.9. The number of carbonyl (C=O) groups is 2. The average molecular weight is 346 g/mol. The van der Waals surface area contributed by atoms with E-state index < -0.39 is 39.3 Å². The maximum atomic E-state index is 13.8. The highest BCUT2D eigenvalue weighted by molar-refractivity contribution is 7.89. The van der Waals surface area contributed by atoms with Crippen molar-refractivity contribution < 1.29 is 27.5 Å². The van der Waals surface area contributed by atoms with E-state index in [-0.39, 0.29) is 18.0 Å². The van der Waals surface area contributed by atoms with E-state index in [4.69, 9.17) is 5.11 Å². The van der Waals surface area contributed by atoms with Crippen molar-refractivity contribution in [3.05, 3.63) is 29.6 Å². The minimum Gasteiger partial charge on any atom is -0.480 e. The molecule has 1 amide bonds. The van der Waals surface area contributed by atoms with E-state index in [9.17, 15) is 22.4 Å². The van der Waals surface area contributed by atoms with Gasteiger partial charge in [-0.2, -0.15) is 4.31 Å². The average Bonchev–Trinajstić information content (AvgIpc) is 2.48. The van der Waals surface area contributed by atoms with Gasteiger partial charge in [-0.25, -0.2) is 12.8 Å². The Bertz CT molecular complexity index is 701. The molecular weight excluding hydrogens is 327 g/mol. The summed E-state index contributed by atoms with van der Waals surface area (Å²) in [6.07, 6.45) is 0. The molecule has 1 atom stereocenters. The van der Waals surface area contributed by atoms with E-state index in [0.717, 1.165) is 18.2 Å². The van der Waals surface area contributed by atoms with Crippen LogP contribution in [0, 0.1) is 5.82 Å². The number of carboxylic acids is 1. The van der Waals surface area contributed by atoms with Crippen LogP contribution in [0.2, 0.25) is 0 Å². The summed E-state index contributed by atoms with van der Waals surface area (Å²) in [4.78, 5) is 22.5. The minimum atomic E-state index is -3.85. The molecule has 1 rings (SSSR count). The molecule has 7 nitrogen and oxygen atoms in total. The SMILES string of the molecule is CCN(CC)S(=O)(=O)c1ccc(F)c(C(=O)N[C@@H](C)C(=O)O)c1. The summed E-state index contributed by atoms with van der Waals surface area (Å²) < 4.78 is 39.8. The first-order valence-corrected chi connectivity index (χ1v) is 8.42. The molecule has 9 heteroatoms. The van der Waals surface area contributed by atoms with Gasteiger partial charge in [0, 0.05) is 13.1 Å². The summed E-state index contributed by atoms with van der Waals surface area (Å²) in [6, 6.07) is 1.62. The first kappa shape index (κ1) is 19.0. The second kappa shape index (κ2) is 7.51. The molecule has 0 unspecified atom stereocenters. The molecule has 0 aliphatic heterocycles. The van der Waals surface area contributed by atoms with Gasteiger partial charge in [0.2, 0.25) is 10.0 Å². The molecule has 0 saturated carbocycles. The summed E-state index contributed by atoms with van der Waals surface area (Å²) in [7, 11) is -3.85. The Hall–Kier alpha value is -2.00. The molecule has 0 saturated heterocycles. The van der Waals surface area contributed by atoms with Crippen molar-refractivity contribution in [1.29, 1.82) is 0 Å². The molecule has 128 valence electrons. The summed E-state index contributed by atoms with van der Waals surface area (Å²) in [6.45, 7) is 5.00. The topological polar surface area (TPSA) is 104 Å². The number of amides is 1. The van der Waals surface area contributed by atoms with Gasteiger partial charge in [-0.3, -0.25) is 9.59 Å². The Kier molecular flexibility index (Phi) is 6.22. The molecule has 0 heterocycles. The molecular formula is C14H19FN2O5S. The van der Waals surface area contributed by atoms with E-state index in [1.807, 2.05) is 0 Å². The van der Waals surface area contributed by atoms with Crippen LogP contribution in [0.4, 0.5) is 4.39 Å². The lowest BCUT2D eigenvalue weighted by molar-refractivity contribution is -0.138. The van der Waals surface area contributed by atoms with Crippen LogP contribution in [0.3, 0.4) is 0 Å². The summed E-state index contributed by atoms with van der Waals surface area (Å²) in [5.74, 6) is -3.21. The normalized spacial score (nSPS) is 12.9. The number of sulfonamides is 1. The van der Waals surface area contributed by atoms with Crippen molar-refractivity contribution in [2.75, 3.05) is 13.1 Å². The minimum absolute atomic E-state index is 0.226. The van der Waals surface area contributed by atoms with Crippen LogP contribution in [0.15, 0.2) is 23.1 Å². The van der Waals surface area contributed by atoms with Crippen LogP contribution in [-0.4, -0.2) is 48.8 Å². The van der Waals surface area contributed by atoms with Crippen LogP contribution in [0.1, 0.15) is 31.1 Å². The Morgan fingerprint density at radius 3 is 2.35 bits per heavy atom. The predicted molar refractivity (Wildman–Crippen MR) is 81.1 cm³/mol. The van der Waals surface area contributed by atoms with Crippen molar-refractivity contribution in [2.45, 2.75) is 31.7 Å². The number of aliphatic carboxylic acids is 1. The predicted octanol–water partition coefficient (Wildman–Crippen LogP) is 1.06. The standard InChI is InChI=1S/C14H19FN2O5S/c1-4-17(5-2)23(21,22)10-6-7-12(15)11(8-10)13(18)16-9(3)14(19)20/h6-9H,4-5H2,1-3H3,(H,16,18)(H,19,20)/t9-/m0/s1. The number of nitrogens with zero attached hydrogens (tertiary/aromatic N) is 1. The third kappa shape index (κ3) is 4.26. The highest BCUT2D eigenvalue weighted by atomic mass is 32.2. The van der Waals surface area contributed by atoms with Gasteiger partial charge in [0.05, 0.1) is 10.5 Å². The summed E-state index contributed by atoms with van der Waals surface area (Å²) >= 11 is 0. The molecule has 0 aliphatic carbocycles. The highest BCUT2D eigenvalue weighted by Gasteiger charge is 2.25. The van der Waals surface area contributed by atoms with E-state index >= 15 is 0 Å². The molecule has 2 N–H and O–H groups in total. The molecule has 1 aromatic rings. The fourth-order valence-corrected chi connectivity index (χ4v) is 3.37. The molecule has 0 aromatic heterocycles. The first-order valence-electron chi connectivity index (χ1n) is 6.98. The van der Waals surface area contributed by atoms with Crippen LogP contribution in [0.25, 0.3) is 0 Å². The van der Waals surface area contributed by atoms with E-state index in [0.29, 0.717) is 0 Å². The zero-order valence-electron chi connectivity index (χ0n) is 13.0. The third-order valence-corrected chi connectivity index (χ3v) is 5.29. The lowest BCUT2D eigenvalue weighted by Gasteiger charge is -2.19. The quantitative estimate of drug-likeness (QED) is 0.768. The third-order valence-electron chi connectivity index (χ3n) is 3.24. The molecule has 0 radical (unpaired) electrons. The van der Waals surface area contributed by atoms with Gasteiger partial charge in [-0.15, -0.1) is 0 Å². The maximum absolute atomic E-state index is 13.8. The number of nitrogens with one attached hydrogen (secondary N) is 1. The van der Waals surface area contributed by atoms with Gasteiger partial charge in [-0.05, 0) is 25.1 Å². The van der Waals surface area contributed by atoms with Crippen LogP contribution < -0.4 is 5.32 Å². The molecule has 0 aliphatic rings. The van der Waals surface area contributed by atoms with Gasteiger partial charge in [0.25, 0.3) is 5.91 Å². The Balaban J connectivity index is 3.23. The van der Waals surface area contributed by atoms with Crippen molar-refractivity contribution in [2.24, 2.45) is 0 Å². The van der Waals surface area contributed by atoms with Crippen molar-refractivity contribution in [3.8, 4) is 0 Å². The summed E-state index contributed by atoms with van der Waals surface area (Å²) in [5.41, 5.74) is -0.522. The van der Waals surface area contributed by atoms with E-state index in [1.165, 1.54) is 11.2 Å². The van der Waals surface area contributed by atoms with Crippen molar-refractivity contribution in [3.63, 3.8) is 0 Å². The number of hydrogen-bond acceptors (Lipinski definition) is 4. The molecule has 0 spiro atoms. The number of halogens is 1. The highest BCUT2D eigenvalue weighted by Crippen LogP contribution is 2.19. The van der Waals surface area contributed by atoms with Crippen LogP contribution in [0.5, 0.6) is 0 Å².